The van der Waals surface area contributed by atoms with Crippen LogP contribution in [0.5, 0.6) is 0 Å². The Morgan fingerprint density at radius 2 is 2.00 bits per heavy atom. The number of nitrogens with two attached hydrogens (primary N) is 1. The van der Waals surface area contributed by atoms with Crippen LogP contribution >= 0.6 is 11.3 Å². The van der Waals surface area contributed by atoms with E-state index in [0.717, 1.165) is 30.6 Å². The van der Waals surface area contributed by atoms with Crippen molar-refractivity contribution in [2.24, 2.45) is 7.05 Å². The van der Waals surface area contributed by atoms with Crippen LogP contribution in [0.4, 0.5) is 19.0 Å². The van der Waals surface area contributed by atoms with E-state index in [0.29, 0.717) is 8.77 Å². The Hall–Kier alpha value is -2.85. The number of anilines is 1. The van der Waals surface area contributed by atoms with E-state index < -0.39 is 21.9 Å². The van der Waals surface area contributed by atoms with Crippen molar-refractivity contribution in [2.45, 2.75) is 10.4 Å². The summed E-state index contributed by atoms with van der Waals surface area (Å²) in [7, 11) is -2.99. The summed E-state index contributed by atoms with van der Waals surface area (Å²) in [6.45, 7) is 0. The minimum Gasteiger partial charge on any atom is -0.381 e. The summed E-state index contributed by atoms with van der Waals surface area (Å²) in [6.07, 6.45) is -3.61. The lowest BCUT2D eigenvalue weighted by molar-refractivity contribution is -0.143. The fourth-order valence-corrected chi connectivity index (χ4v) is 4.59. The van der Waals surface area contributed by atoms with Crippen molar-refractivity contribution < 1.29 is 21.6 Å². The van der Waals surface area contributed by atoms with Gasteiger partial charge < -0.3 is 5.73 Å². The average Bonchev–Trinajstić information content (AvgIpc) is 3.23. The van der Waals surface area contributed by atoms with Gasteiger partial charge in [0.25, 0.3) is 10.0 Å². The molecule has 0 aliphatic heterocycles. The van der Waals surface area contributed by atoms with Gasteiger partial charge in [0.1, 0.15) is 27.2 Å². The first kappa shape index (κ1) is 18.0. The highest BCUT2D eigenvalue weighted by Gasteiger charge is 2.35. The van der Waals surface area contributed by atoms with Gasteiger partial charge in [0, 0.05) is 7.05 Å². The molecule has 3 rings (SSSR count). The second-order valence-corrected chi connectivity index (χ2v) is 8.18. The number of rotatable bonds is 3. The van der Waals surface area contributed by atoms with Crippen molar-refractivity contribution in [1.29, 1.82) is 5.26 Å². The van der Waals surface area contributed by atoms with Crippen molar-refractivity contribution in [3.05, 3.63) is 35.7 Å². The van der Waals surface area contributed by atoms with Gasteiger partial charge in [-0.05, 0) is 18.2 Å². The van der Waals surface area contributed by atoms with Gasteiger partial charge in [0.15, 0.2) is 5.82 Å². The Morgan fingerprint density at radius 3 is 2.54 bits per heavy atom. The summed E-state index contributed by atoms with van der Waals surface area (Å²) in [5, 5.41) is 16.2. The molecule has 0 aromatic carbocycles. The fraction of sp³-hybridized carbons (Fsp3) is 0.154. The van der Waals surface area contributed by atoms with E-state index in [1.165, 1.54) is 12.1 Å². The van der Waals surface area contributed by atoms with Crippen molar-refractivity contribution in [3.63, 3.8) is 0 Å². The smallest absolute Gasteiger partial charge is 0.381 e. The third-order valence-electron chi connectivity index (χ3n) is 3.35. The molecule has 0 amide bonds. The van der Waals surface area contributed by atoms with Crippen LogP contribution in [0.2, 0.25) is 0 Å². The van der Waals surface area contributed by atoms with Gasteiger partial charge in [-0.1, -0.05) is 0 Å². The third-order valence-corrected chi connectivity index (χ3v) is 6.46. The van der Waals surface area contributed by atoms with E-state index >= 15 is 0 Å². The molecule has 3 heterocycles. The quantitative estimate of drug-likeness (QED) is 0.716. The molecule has 8 nitrogen and oxygen atoms in total. The number of nitrogen functional groups attached to an aromatic ring is 1. The van der Waals surface area contributed by atoms with Crippen molar-refractivity contribution in [3.8, 4) is 16.6 Å². The highest BCUT2D eigenvalue weighted by Crippen LogP contribution is 2.35. The van der Waals surface area contributed by atoms with Gasteiger partial charge in [0.05, 0.1) is 11.1 Å². The molecule has 3 aromatic heterocycles. The van der Waals surface area contributed by atoms with E-state index in [4.69, 9.17) is 11.0 Å². The Morgan fingerprint density at radius 1 is 1.31 bits per heavy atom. The Kier molecular flexibility index (Phi) is 4.04. The number of thiophene rings is 1. The summed E-state index contributed by atoms with van der Waals surface area (Å²) in [6, 6.07) is 5.11. The van der Waals surface area contributed by atoms with Crippen LogP contribution in [0.3, 0.4) is 0 Å². The lowest BCUT2D eigenvalue weighted by Crippen LogP contribution is -2.12. The van der Waals surface area contributed by atoms with Gasteiger partial charge in [-0.3, -0.25) is 4.68 Å². The fourth-order valence-electron chi connectivity index (χ4n) is 2.12. The monoisotopic (exact) mass is 402 g/mol. The van der Waals surface area contributed by atoms with Gasteiger partial charge in [-0.25, -0.2) is 0 Å². The number of nitrogens with zero attached hydrogens (tertiary/aromatic N) is 5. The zero-order chi connectivity index (χ0) is 19.3. The number of alkyl halides is 3. The van der Waals surface area contributed by atoms with E-state index in [-0.39, 0.29) is 26.2 Å². The van der Waals surface area contributed by atoms with Crippen molar-refractivity contribution in [2.75, 3.05) is 5.73 Å². The Balaban J connectivity index is 2.01. The second-order valence-electron chi connectivity index (χ2n) is 5.07. The van der Waals surface area contributed by atoms with E-state index in [9.17, 15) is 21.6 Å². The summed E-state index contributed by atoms with van der Waals surface area (Å²) in [4.78, 5) is 0.232. The molecule has 0 saturated heterocycles. The zero-order valence-corrected chi connectivity index (χ0v) is 14.5. The SMILES string of the molecule is Cn1nc(-c2ccc(S(=O)(=O)n3cc(C#N)c(N)n3)s2)cc1C(F)(F)F. The first-order chi connectivity index (χ1) is 12.0. The molecule has 0 bridgehead atoms. The van der Waals surface area contributed by atoms with Gasteiger partial charge >= 0.3 is 6.18 Å². The first-order valence-electron chi connectivity index (χ1n) is 6.76. The molecule has 136 valence electrons. The van der Waals surface area contributed by atoms with Crippen molar-refractivity contribution in [1.82, 2.24) is 19.0 Å². The topological polar surface area (TPSA) is 120 Å². The molecule has 0 aliphatic carbocycles. The molecule has 2 N–H and O–H groups in total. The lowest BCUT2D eigenvalue weighted by Gasteiger charge is -2.04. The number of hydrogen-bond donors (Lipinski definition) is 1. The van der Waals surface area contributed by atoms with Gasteiger partial charge in [0.2, 0.25) is 0 Å². The average molecular weight is 402 g/mol. The summed E-state index contributed by atoms with van der Waals surface area (Å²) < 4.78 is 64.7. The number of halogens is 3. The van der Waals surface area contributed by atoms with E-state index in [1.807, 2.05) is 0 Å². The minimum absolute atomic E-state index is 0.0102. The van der Waals surface area contributed by atoms with E-state index in [2.05, 4.69) is 10.2 Å². The number of aromatic nitrogens is 4. The highest BCUT2D eigenvalue weighted by molar-refractivity contribution is 7.92. The normalized spacial score (nSPS) is 12.3. The molecule has 0 unspecified atom stereocenters. The largest absolute Gasteiger partial charge is 0.433 e. The predicted octanol–water partition coefficient (Wildman–Crippen LogP) is 2.05. The summed E-state index contributed by atoms with van der Waals surface area (Å²) in [5.74, 6) is -0.243. The maximum Gasteiger partial charge on any atom is 0.433 e. The van der Waals surface area contributed by atoms with Crippen LogP contribution in [0, 0.1) is 11.3 Å². The number of hydrogen-bond acceptors (Lipinski definition) is 7. The second kappa shape index (κ2) is 5.85. The molecule has 0 saturated carbocycles. The molecule has 0 fully saturated rings. The molecule has 13 heteroatoms. The van der Waals surface area contributed by atoms with Gasteiger partial charge in [-0.2, -0.15) is 36.0 Å². The molecule has 0 spiro atoms. The molecule has 0 atom stereocenters. The van der Waals surface area contributed by atoms with Crippen LogP contribution in [0.1, 0.15) is 11.3 Å². The lowest BCUT2D eigenvalue weighted by atomic mass is 10.3. The molecular formula is C13H9F3N6O2S2. The molecule has 3 aromatic rings. The summed E-state index contributed by atoms with van der Waals surface area (Å²) in [5.41, 5.74) is 4.38. The van der Waals surface area contributed by atoms with Gasteiger partial charge in [-0.15, -0.1) is 16.4 Å². The van der Waals surface area contributed by atoms with Crippen LogP contribution in [-0.4, -0.2) is 27.4 Å². The zero-order valence-electron chi connectivity index (χ0n) is 12.9. The molecule has 0 radical (unpaired) electrons. The van der Waals surface area contributed by atoms with Crippen LogP contribution in [-0.2, 0) is 23.2 Å². The molecular weight excluding hydrogens is 393 g/mol. The number of nitriles is 1. The maximum absolute atomic E-state index is 12.9. The minimum atomic E-state index is -4.58. The summed E-state index contributed by atoms with van der Waals surface area (Å²) >= 11 is 0.727. The van der Waals surface area contributed by atoms with Crippen LogP contribution < -0.4 is 5.73 Å². The highest BCUT2D eigenvalue weighted by atomic mass is 32.2. The van der Waals surface area contributed by atoms with Crippen molar-refractivity contribution >= 4 is 27.2 Å². The van der Waals surface area contributed by atoms with Crippen LogP contribution in [0.15, 0.2) is 28.6 Å². The van der Waals surface area contributed by atoms with Crippen LogP contribution in [0.25, 0.3) is 10.6 Å². The molecule has 26 heavy (non-hydrogen) atoms. The standard InChI is InChI=1S/C13H9F3N6O2S2/c1-21-10(13(14,15)16)4-8(19-21)9-2-3-11(25-9)26(23,24)22-6-7(5-17)12(18)20-22/h2-4,6H,1H3,(H2,18,20). The number of aryl methyl sites for hydroxylation is 1. The predicted molar refractivity (Wildman–Crippen MR) is 85.5 cm³/mol. The Bertz CT molecular complexity index is 1130. The Labute approximate surface area is 148 Å². The third kappa shape index (κ3) is 2.93. The maximum atomic E-state index is 12.9. The molecule has 0 aliphatic rings. The first-order valence-corrected chi connectivity index (χ1v) is 9.02. The van der Waals surface area contributed by atoms with E-state index in [1.54, 1.807) is 6.07 Å².